The Bertz CT molecular complexity index is 471. The predicted molar refractivity (Wildman–Crippen MR) is 78.6 cm³/mol. The Morgan fingerprint density at radius 2 is 2.10 bits per heavy atom. The molecule has 1 aromatic heterocycles. The second-order valence-corrected chi connectivity index (χ2v) is 6.52. The maximum atomic E-state index is 12.5. The number of carbonyl (C=O) groups is 2. The number of nitrogens with zero attached hydrogens (tertiary/aromatic N) is 1. The van der Waals surface area contributed by atoms with E-state index in [0.717, 1.165) is 17.7 Å². The van der Waals surface area contributed by atoms with E-state index in [0.29, 0.717) is 12.8 Å². The number of carboxylic acid groups (broad SMARTS) is 1. The molecule has 1 aromatic rings. The van der Waals surface area contributed by atoms with Crippen molar-refractivity contribution in [2.24, 2.45) is 11.8 Å². The number of amides is 1. The van der Waals surface area contributed by atoms with Crippen molar-refractivity contribution in [3.05, 3.63) is 22.4 Å². The minimum absolute atomic E-state index is 0.0488. The third-order valence-electron chi connectivity index (χ3n) is 4.26. The van der Waals surface area contributed by atoms with Crippen molar-refractivity contribution >= 4 is 23.2 Å². The number of hydrogen-bond donors (Lipinski definition) is 1. The molecule has 1 heterocycles. The average Bonchev–Trinajstić information content (AvgIpc) is 2.99. The molecule has 0 aliphatic heterocycles. The molecule has 110 valence electrons. The van der Waals surface area contributed by atoms with E-state index in [9.17, 15) is 9.59 Å². The lowest BCUT2D eigenvalue weighted by Crippen LogP contribution is -2.38. The van der Waals surface area contributed by atoms with Crippen LogP contribution < -0.4 is 0 Å². The number of carboxylic acids is 1. The van der Waals surface area contributed by atoms with Gasteiger partial charge >= 0.3 is 5.97 Å². The summed E-state index contributed by atoms with van der Waals surface area (Å²) in [6.07, 6.45) is 2.82. The van der Waals surface area contributed by atoms with E-state index in [1.165, 1.54) is 0 Å². The number of rotatable bonds is 4. The average molecular weight is 295 g/mol. The molecule has 0 aromatic carbocycles. The van der Waals surface area contributed by atoms with Gasteiger partial charge in [0.1, 0.15) is 0 Å². The Hall–Kier alpha value is -1.36. The lowest BCUT2D eigenvalue weighted by molar-refractivity contribution is -0.145. The molecule has 0 radical (unpaired) electrons. The summed E-state index contributed by atoms with van der Waals surface area (Å²) in [4.78, 5) is 26.6. The molecule has 1 fully saturated rings. The third-order valence-corrected chi connectivity index (χ3v) is 5.30. The minimum Gasteiger partial charge on any atom is -0.481 e. The molecule has 1 N–H and O–H groups in total. The molecule has 0 saturated heterocycles. The van der Waals surface area contributed by atoms with Gasteiger partial charge in [0, 0.05) is 17.8 Å². The summed E-state index contributed by atoms with van der Waals surface area (Å²) in [5.41, 5.74) is 0. The van der Waals surface area contributed by atoms with Gasteiger partial charge in [-0.25, -0.2) is 0 Å². The molecular formula is C15H21NO3S. The number of carbonyl (C=O) groups excluding carboxylic acids is 1. The zero-order chi connectivity index (χ0) is 14.7. The molecule has 3 atom stereocenters. The Morgan fingerprint density at radius 1 is 1.40 bits per heavy atom. The van der Waals surface area contributed by atoms with Gasteiger partial charge in [0.2, 0.25) is 5.91 Å². The van der Waals surface area contributed by atoms with Gasteiger partial charge < -0.3 is 10.0 Å². The van der Waals surface area contributed by atoms with Crippen LogP contribution in [0, 0.1) is 11.8 Å². The summed E-state index contributed by atoms with van der Waals surface area (Å²) in [6, 6.07) is 4.06. The fraction of sp³-hybridized carbons (Fsp3) is 0.600. The molecule has 1 amide bonds. The summed E-state index contributed by atoms with van der Waals surface area (Å²) in [6.45, 7) is 2.02. The fourth-order valence-corrected chi connectivity index (χ4v) is 3.66. The molecule has 0 bridgehead atoms. The first-order valence-electron chi connectivity index (χ1n) is 7.03. The zero-order valence-corrected chi connectivity index (χ0v) is 12.7. The highest BCUT2D eigenvalue weighted by Gasteiger charge is 2.33. The number of hydrogen-bond acceptors (Lipinski definition) is 3. The van der Waals surface area contributed by atoms with Gasteiger partial charge in [-0.1, -0.05) is 12.5 Å². The van der Waals surface area contributed by atoms with E-state index < -0.39 is 5.97 Å². The molecule has 4 nitrogen and oxygen atoms in total. The van der Waals surface area contributed by atoms with Gasteiger partial charge in [0.15, 0.2) is 0 Å². The second kappa shape index (κ2) is 6.39. The van der Waals surface area contributed by atoms with E-state index in [1.807, 2.05) is 31.5 Å². The highest BCUT2D eigenvalue weighted by atomic mass is 32.1. The van der Waals surface area contributed by atoms with Crippen molar-refractivity contribution in [1.29, 1.82) is 0 Å². The molecule has 20 heavy (non-hydrogen) atoms. The Balaban J connectivity index is 2.01. The van der Waals surface area contributed by atoms with E-state index in [4.69, 9.17) is 5.11 Å². The number of aliphatic carboxylic acids is 1. The van der Waals surface area contributed by atoms with Gasteiger partial charge in [-0.15, -0.1) is 11.3 Å². The SMILES string of the molecule is C[C@H](c1cccs1)N(C)C(=O)[C@H]1CCC[C@H](C(=O)O)C1. The first kappa shape index (κ1) is 15.0. The van der Waals surface area contributed by atoms with Crippen LogP contribution in [0.1, 0.15) is 43.5 Å². The van der Waals surface area contributed by atoms with E-state index in [1.54, 1.807) is 16.2 Å². The van der Waals surface area contributed by atoms with Crippen LogP contribution in [0.2, 0.25) is 0 Å². The van der Waals surface area contributed by atoms with Gasteiger partial charge in [0.25, 0.3) is 0 Å². The van der Waals surface area contributed by atoms with Gasteiger partial charge in [0.05, 0.1) is 12.0 Å². The minimum atomic E-state index is -0.767. The van der Waals surface area contributed by atoms with Crippen LogP contribution in [0.25, 0.3) is 0 Å². The highest BCUT2D eigenvalue weighted by molar-refractivity contribution is 7.10. The Kier molecular flexibility index (Phi) is 4.81. The molecule has 0 unspecified atom stereocenters. The molecule has 5 heteroatoms. The van der Waals surface area contributed by atoms with Crippen LogP contribution in [-0.4, -0.2) is 28.9 Å². The van der Waals surface area contributed by atoms with Crippen LogP contribution >= 0.6 is 11.3 Å². The van der Waals surface area contributed by atoms with E-state index in [2.05, 4.69) is 0 Å². The van der Waals surface area contributed by atoms with Crippen molar-refractivity contribution in [2.75, 3.05) is 7.05 Å². The molecule has 1 aliphatic carbocycles. The smallest absolute Gasteiger partial charge is 0.306 e. The van der Waals surface area contributed by atoms with Gasteiger partial charge in [-0.05, 0) is 37.6 Å². The third kappa shape index (κ3) is 3.20. The zero-order valence-electron chi connectivity index (χ0n) is 11.9. The lowest BCUT2D eigenvalue weighted by Gasteiger charge is -2.32. The van der Waals surface area contributed by atoms with Gasteiger partial charge in [-0.3, -0.25) is 9.59 Å². The normalized spacial score (nSPS) is 24.1. The van der Waals surface area contributed by atoms with Crippen LogP contribution in [0.5, 0.6) is 0 Å². The summed E-state index contributed by atoms with van der Waals surface area (Å²) in [5.74, 6) is -1.19. The van der Waals surface area contributed by atoms with Crippen molar-refractivity contribution < 1.29 is 14.7 Å². The first-order valence-corrected chi connectivity index (χ1v) is 7.91. The van der Waals surface area contributed by atoms with Crippen LogP contribution in [0.15, 0.2) is 17.5 Å². The summed E-state index contributed by atoms with van der Waals surface area (Å²) < 4.78 is 0. The fourth-order valence-electron chi connectivity index (χ4n) is 2.84. The maximum Gasteiger partial charge on any atom is 0.306 e. The Labute approximate surface area is 123 Å². The maximum absolute atomic E-state index is 12.5. The number of thiophene rings is 1. The second-order valence-electron chi connectivity index (χ2n) is 5.54. The summed E-state index contributed by atoms with van der Waals surface area (Å²) >= 11 is 1.64. The molecule has 1 aliphatic rings. The lowest BCUT2D eigenvalue weighted by atomic mass is 9.80. The van der Waals surface area contributed by atoms with Crippen molar-refractivity contribution in [3.8, 4) is 0 Å². The van der Waals surface area contributed by atoms with E-state index in [-0.39, 0.29) is 23.8 Å². The standard InChI is InChI=1S/C15H21NO3S/c1-10(13-7-4-8-20-13)16(2)14(17)11-5-3-6-12(9-11)15(18)19/h4,7-8,10-12H,3,5-6,9H2,1-2H3,(H,18,19)/t10-,11+,12+/m1/s1. The monoisotopic (exact) mass is 295 g/mol. The van der Waals surface area contributed by atoms with Crippen molar-refractivity contribution in [1.82, 2.24) is 4.90 Å². The molecule has 0 spiro atoms. The summed E-state index contributed by atoms with van der Waals surface area (Å²) in [5, 5.41) is 11.1. The van der Waals surface area contributed by atoms with Crippen LogP contribution in [0.4, 0.5) is 0 Å². The highest BCUT2D eigenvalue weighted by Crippen LogP contribution is 2.32. The van der Waals surface area contributed by atoms with Crippen LogP contribution in [-0.2, 0) is 9.59 Å². The van der Waals surface area contributed by atoms with Crippen molar-refractivity contribution in [2.45, 2.75) is 38.6 Å². The van der Waals surface area contributed by atoms with Crippen molar-refractivity contribution in [3.63, 3.8) is 0 Å². The quantitative estimate of drug-likeness (QED) is 0.928. The molecular weight excluding hydrogens is 274 g/mol. The largest absolute Gasteiger partial charge is 0.481 e. The summed E-state index contributed by atoms with van der Waals surface area (Å²) in [7, 11) is 1.82. The molecule has 2 rings (SSSR count). The first-order chi connectivity index (χ1) is 9.50. The topological polar surface area (TPSA) is 57.6 Å². The molecule has 1 saturated carbocycles. The predicted octanol–water partition coefficient (Wildman–Crippen LogP) is 3.16. The van der Waals surface area contributed by atoms with Gasteiger partial charge in [-0.2, -0.15) is 0 Å². The van der Waals surface area contributed by atoms with E-state index >= 15 is 0 Å². The van der Waals surface area contributed by atoms with Crippen LogP contribution in [0.3, 0.4) is 0 Å². The Morgan fingerprint density at radius 3 is 2.70 bits per heavy atom.